The summed E-state index contributed by atoms with van der Waals surface area (Å²) < 4.78 is 5.68. The Bertz CT molecular complexity index is 414. The third-order valence-electron chi connectivity index (χ3n) is 2.93. The van der Waals surface area contributed by atoms with Crippen LogP contribution in [0.4, 0.5) is 0 Å². The summed E-state index contributed by atoms with van der Waals surface area (Å²) in [6.07, 6.45) is 1.86. The number of carbonyl (C=O) groups is 1. The van der Waals surface area contributed by atoms with Crippen LogP contribution >= 0.6 is 0 Å². The number of nitrogens with zero attached hydrogens (tertiary/aromatic N) is 1. The SMILES string of the molecule is CC(C)(C)c1nc2c(o1)CC(C(=O)O)CC2. The average molecular weight is 223 g/mol. The van der Waals surface area contributed by atoms with Crippen molar-refractivity contribution in [2.45, 2.75) is 45.4 Å². The van der Waals surface area contributed by atoms with E-state index in [-0.39, 0.29) is 11.3 Å². The zero-order chi connectivity index (χ0) is 11.9. The third-order valence-corrected chi connectivity index (χ3v) is 2.93. The molecule has 4 heteroatoms. The Kier molecular flexibility index (Phi) is 2.52. The van der Waals surface area contributed by atoms with Crippen LogP contribution in [-0.2, 0) is 23.1 Å². The summed E-state index contributed by atoms with van der Waals surface area (Å²) >= 11 is 0. The fourth-order valence-corrected chi connectivity index (χ4v) is 1.91. The van der Waals surface area contributed by atoms with Crippen molar-refractivity contribution in [2.75, 3.05) is 0 Å². The number of fused-ring (bicyclic) bond motifs is 1. The highest BCUT2D eigenvalue weighted by Crippen LogP contribution is 2.30. The van der Waals surface area contributed by atoms with Gasteiger partial charge in [0.05, 0.1) is 11.6 Å². The lowest BCUT2D eigenvalue weighted by atomic mass is 9.91. The molecule has 0 spiro atoms. The van der Waals surface area contributed by atoms with Crippen molar-refractivity contribution in [2.24, 2.45) is 5.92 Å². The molecule has 0 aromatic carbocycles. The average Bonchev–Trinajstić information content (AvgIpc) is 2.58. The van der Waals surface area contributed by atoms with Crippen LogP contribution in [-0.4, -0.2) is 16.1 Å². The number of carboxylic acid groups (broad SMARTS) is 1. The van der Waals surface area contributed by atoms with Crippen LogP contribution in [0.15, 0.2) is 4.42 Å². The van der Waals surface area contributed by atoms with Crippen molar-refractivity contribution in [1.82, 2.24) is 4.98 Å². The van der Waals surface area contributed by atoms with E-state index in [9.17, 15) is 4.79 Å². The molecule has 1 atom stereocenters. The highest BCUT2D eigenvalue weighted by atomic mass is 16.4. The zero-order valence-electron chi connectivity index (χ0n) is 9.91. The van der Waals surface area contributed by atoms with E-state index in [0.717, 1.165) is 11.5 Å². The van der Waals surface area contributed by atoms with Crippen molar-refractivity contribution in [3.63, 3.8) is 0 Å². The molecular formula is C12H17NO3. The van der Waals surface area contributed by atoms with Crippen LogP contribution in [0.5, 0.6) is 0 Å². The normalized spacial score (nSPS) is 20.6. The molecule has 0 radical (unpaired) electrons. The Balaban J connectivity index is 2.27. The maximum absolute atomic E-state index is 10.9. The number of carboxylic acids is 1. The fraction of sp³-hybridized carbons (Fsp3) is 0.667. The maximum Gasteiger partial charge on any atom is 0.306 e. The first kappa shape index (κ1) is 11.2. The van der Waals surface area contributed by atoms with Crippen molar-refractivity contribution >= 4 is 5.97 Å². The van der Waals surface area contributed by atoms with E-state index in [2.05, 4.69) is 4.98 Å². The molecule has 0 saturated heterocycles. The summed E-state index contributed by atoms with van der Waals surface area (Å²) in [6, 6.07) is 0. The molecule has 1 aromatic heterocycles. The van der Waals surface area contributed by atoms with Gasteiger partial charge >= 0.3 is 5.97 Å². The van der Waals surface area contributed by atoms with Crippen LogP contribution in [0.3, 0.4) is 0 Å². The monoisotopic (exact) mass is 223 g/mol. The molecule has 0 bridgehead atoms. The molecule has 0 fully saturated rings. The van der Waals surface area contributed by atoms with Gasteiger partial charge in [0, 0.05) is 11.8 Å². The van der Waals surface area contributed by atoms with E-state index >= 15 is 0 Å². The summed E-state index contributed by atoms with van der Waals surface area (Å²) in [4.78, 5) is 15.4. The van der Waals surface area contributed by atoms with Gasteiger partial charge in [-0.3, -0.25) is 4.79 Å². The molecule has 2 rings (SSSR count). The van der Waals surface area contributed by atoms with Gasteiger partial charge in [0.25, 0.3) is 0 Å². The predicted octanol–water partition coefficient (Wildman–Crippen LogP) is 2.16. The van der Waals surface area contributed by atoms with E-state index in [1.54, 1.807) is 0 Å². The highest BCUT2D eigenvalue weighted by molar-refractivity contribution is 5.70. The van der Waals surface area contributed by atoms with E-state index in [4.69, 9.17) is 9.52 Å². The lowest BCUT2D eigenvalue weighted by Crippen LogP contribution is -2.21. The molecule has 1 heterocycles. The van der Waals surface area contributed by atoms with Crippen LogP contribution < -0.4 is 0 Å². The molecule has 4 nitrogen and oxygen atoms in total. The molecule has 1 aliphatic carbocycles. The highest BCUT2D eigenvalue weighted by Gasteiger charge is 2.30. The second kappa shape index (κ2) is 3.61. The second-order valence-corrected chi connectivity index (χ2v) is 5.42. The lowest BCUT2D eigenvalue weighted by Gasteiger charge is -2.15. The summed E-state index contributed by atoms with van der Waals surface area (Å²) in [6.45, 7) is 6.12. The molecule has 16 heavy (non-hydrogen) atoms. The van der Waals surface area contributed by atoms with Crippen LogP contribution in [0.1, 0.15) is 44.5 Å². The number of aliphatic carboxylic acids is 1. The van der Waals surface area contributed by atoms with E-state index < -0.39 is 5.97 Å². The number of rotatable bonds is 1. The topological polar surface area (TPSA) is 63.3 Å². The first-order valence-corrected chi connectivity index (χ1v) is 5.60. The van der Waals surface area contributed by atoms with Crippen LogP contribution in [0.25, 0.3) is 0 Å². The standard InChI is InChI=1S/C12H17NO3/c1-12(2,3)11-13-8-5-4-7(10(14)15)6-9(8)16-11/h7H,4-6H2,1-3H3,(H,14,15). The van der Waals surface area contributed by atoms with Crippen molar-refractivity contribution < 1.29 is 14.3 Å². The van der Waals surface area contributed by atoms with Gasteiger partial charge < -0.3 is 9.52 Å². The Morgan fingerprint density at radius 2 is 2.19 bits per heavy atom. The Labute approximate surface area is 94.7 Å². The number of hydrogen-bond donors (Lipinski definition) is 1. The number of aromatic nitrogens is 1. The third kappa shape index (κ3) is 1.96. The molecule has 1 N–H and O–H groups in total. The number of aryl methyl sites for hydroxylation is 1. The molecular weight excluding hydrogens is 206 g/mol. The van der Waals surface area contributed by atoms with Crippen LogP contribution in [0, 0.1) is 5.92 Å². The molecule has 1 aromatic rings. The quantitative estimate of drug-likeness (QED) is 0.792. The molecule has 0 aliphatic heterocycles. The van der Waals surface area contributed by atoms with E-state index in [1.807, 2.05) is 20.8 Å². The summed E-state index contributed by atoms with van der Waals surface area (Å²) in [7, 11) is 0. The van der Waals surface area contributed by atoms with Crippen molar-refractivity contribution in [3.05, 3.63) is 17.3 Å². The minimum absolute atomic E-state index is 0.115. The first-order chi connectivity index (χ1) is 7.38. The summed E-state index contributed by atoms with van der Waals surface area (Å²) in [5.74, 6) is 0.430. The van der Waals surface area contributed by atoms with Gasteiger partial charge in [-0.15, -0.1) is 0 Å². The van der Waals surface area contributed by atoms with E-state index in [0.29, 0.717) is 25.2 Å². The van der Waals surface area contributed by atoms with Gasteiger partial charge in [0.15, 0.2) is 5.89 Å². The Morgan fingerprint density at radius 3 is 2.75 bits per heavy atom. The predicted molar refractivity (Wildman–Crippen MR) is 58.4 cm³/mol. The summed E-state index contributed by atoms with van der Waals surface area (Å²) in [5, 5.41) is 8.97. The molecule has 0 amide bonds. The number of hydrogen-bond acceptors (Lipinski definition) is 3. The van der Waals surface area contributed by atoms with Gasteiger partial charge in [0.1, 0.15) is 5.76 Å². The summed E-state index contributed by atoms with van der Waals surface area (Å²) in [5.41, 5.74) is 0.832. The maximum atomic E-state index is 10.9. The van der Waals surface area contributed by atoms with E-state index in [1.165, 1.54) is 0 Å². The van der Waals surface area contributed by atoms with Gasteiger partial charge in [0.2, 0.25) is 0 Å². The zero-order valence-corrected chi connectivity index (χ0v) is 9.91. The lowest BCUT2D eigenvalue weighted by molar-refractivity contribution is -0.142. The smallest absolute Gasteiger partial charge is 0.306 e. The Morgan fingerprint density at radius 1 is 1.50 bits per heavy atom. The first-order valence-electron chi connectivity index (χ1n) is 5.60. The van der Waals surface area contributed by atoms with Gasteiger partial charge in [-0.25, -0.2) is 4.98 Å². The molecule has 0 saturated carbocycles. The minimum atomic E-state index is -0.737. The van der Waals surface area contributed by atoms with Crippen molar-refractivity contribution in [3.8, 4) is 0 Å². The van der Waals surface area contributed by atoms with Crippen molar-refractivity contribution in [1.29, 1.82) is 0 Å². The van der Waals surface area contributed by atoms with Crippen LogP contribution in [0.2, 0.25) is 0 Å². The fourth-order valence-electron chi connectivity index (χ4n) is 1.91. The molecule has 88 valence electrons. The van der Waals surface area contributed by atoms with Gasteiger partial charge in [-0.2, -0.15) is 0 Å². The van der Waals surface area contributed by atoms with Gasteiger partial charge in [-0.05, 0) is 12.8 Å². The second-order valence-electron chi connectivity index (χ2n) is 5.42. The van der Waals surface area contributed by atoms with Gasteiger partial charge in [-0.1, -0.05) is 20.8 Å². The molecule has 1 unspecified atom stereocenters. The largest absolute Gasteiger partial charge is 0.481 e. The molecule has 1 aliphatic rings. The number of oxazole rings is 1. The minimum Gasteiger partial charge on any atom is -0.481 e. The Hall–Kier alpha value is -1.32.